The molecule has 1 atom stereocenters. The number of carbonyl (C=O) groups is 1. The summed E-state index contributed by atoms with van der Waals surface area (Å²) in [6.07, 6.45) is 1.73. The second kappa shape index (κ2) is 5.72. The van der Waals surface area contributed by atoms with E-state index in [2.05, 4.69) is 10.3 Å². The van der Waals surface area contributed by atoms with Crippen molar-refractivity contribution in [3.8, 4) is 11.5 Å². The van der Waals surface area contributed by atoms with Crippen LogP contribution in [0.3, 0.4) is 0 Å². The van der Waals surface area contributed by atoms with Gasteiger partial charge in [-0.3, -0.25) is 4.79 Å². The zero-order valence-corrected chi connectivity index (χ0v) is 12.3. The zero-order valence-electron chi connectivity index (χ0n) is 10.7. The predicted molar refractivity (Wildman–Crippen MR) is 78.6 cm³/mol. The molecule has 7 heteroatoms. The van der Waals surface area contributed by atoms with Crippen molar-refractivity contribution in [3.05, 3.63) is 29.8 Å². The molecule has 1 amide bonds. The largest absolute Gasteiger partial charge is 0.454 e. The molecule has 1 unspecified atom stereocenters. The number of nitrogens with one attached hydrogen (secondary N) is 1. The van der Waals surface area contributed by atoms with Gasteiger partial charge < -0.3 is 14.8 Å². The van der Waals surface area contributed by atoms with Gasteiger partial charge in [-0.2, -0.15) is 0 Å². The summed E-state index contributed by atoms with van der Waals surface area (Å²) in [5.41, 5.74) is 0.700. The average molecular weight is 308 g/mol. The lowest BCUT2D eigenvalue weighted by atomic mass is 10.2. The van der Waals surface area contributed by atoms with Gasteiger partial charge in [0.1, 0.15) is 0 Å². The Morgan fingerprint density at radius 2 is 2.30 bits per heavy atom. The van der Waals surface area contributed by atoms with Crippen LogP contribution in [0.4, 0.5) is 5.69 Å². The highest BCUT2D eigenvalue weighted by Crippen LogP contribution is 2.34. The van der Waals surface area contributed by atoms with Crippen LogP contribution >= 0.6 is 23.1 Å². The SMILES string of the molecule is CC(Sc1nccs1)C(=O)Nc1ccc2c(c1)OCO2. The third kappa shape index (κ3) is 2.88. The number of rotatable bonds is 4. The highest BCUT2D eigenvalue weighted by atomic mass is 32.2. The Hall–Kier alpha value is -1.73. The minimum Gasteiger partial charge on any atom is -0.454 e. The smallest absolute Gasteiger partial charge is 0.237 e. The number of carbonyl (C=O) groups excluding carboxylic acids is 1. The Bertz CT molecular complexity index is 616. The molecule has 1 aliphatic heterocycles. The summed E-state index contributed by atoms with van der Waals surface area (Å²) in [6, 6.07) is 5.35. The Balaban J connectivity index is 1.63. The van der Waals surface area contributed by atoms with E-state index in [-0.39, 0.29) is 18.0 Å². The van der Waals surface area contributed by atoms with Crippen LogP contribution in [0.1, 0.15) is 6.92 Å². The highest BCUT2D eigenvalue weighted by Gasteiger charge is 2.18. The fraction of sp³-hybridized carbons (Fsp3) is 0.231. The summed E-state index contributed by atoms with van der Waals surface area (Å²) in [5, 5.41) is 4.54. The second-order valence-corrected chi connectivity index (χ2v) is 6.60. The van der Waals surface area contributed by atoms with Crippen molar-refractivity contribution in [1.29, 1.82) is 0 Å². The van der Waals surface area contributed by atoms with Gasteiger partial charge in [-0.15, -0.1) is 11.3 Å². The van der Waals surface area contributed by atoms with Gasteiger partial charge in [0.25, 0.3) is 0 Å². The molecule has 1 N–H and O–H groups in total. The van der Waals surface area contributed by atoms with Crippen LogP contribution in [0.2, 0.25) is 0 Å². The number of thiazole rings is 1. The number of hydrogen-bond donors (Lipinski definition) is 1. The Morgan fingerprint density at radius 1 is 1.45 bits per heavy atom. The monoisotopic (exact) mass is 308 g/mol. The van der Waals surface area contributed by atoms with Gasteiger partial charge in [-0.05, 0) is 19.1 Å². The predicted octanol–water partition coefficient (Wildman–Crippen LogP) is 2.99. The number of thioether (sulfide) groups is 1. The molecule has 104 valence electrons. The number of fused-ring (bicyclic) bond motifs is 1. The minimum absolute atomic E-state index is 0.0657. The number of ether oxygens (including phenoxy) is 2. The third-order valence-electron chi connectivity index (χ3n) is 2.70. The molecule has 0 bridgehead atoms. The topological polar surface area (TPSA) is 60.5 Å². The van der Waals surface area contributed by atoms with Crippen LogP contribution in [0.15, 0.2) is 34.1 Å². The van der Waals surface area contributed by atoms with Crippen molar-refractivity contribution in [1.82, 2.24) is 4.98 Å². The lowest BCUT2D eigenvalue weighted by molar-refractivity contribution is -0.115. The summed E-state index contributed by atoms with van der Waals surface area (Å²) in [4.78, 5) is 16.3. The minimum atomic E-state index is -0.216. The summed E-state index contributed by atoms with van der Waals surface area (Å²) in [5.74, 6) is 1.29. The summed E-state index contributed by atoms with van der Waals surface area (Å²) in [6.45, 7) is 2.08. The van der Waals surface area contributed by atoms with Gasteiger partial charge in [0.2, 0.25) is 12.7 Å². The van der Waals surface area contributed by atoms with Gasteiger partial charge in [-0.25, -0.2) is 4.98 Å². The zero-order chi connectivity index (χ0) is 13.9. The molecular formula is C13H12N2O3S2. The van der Waals surface area contributed by atoms with Crippen molar-refractivity contribution in [3.63, 3.8) is 0 Å². The highest BCUT2D eigenvalue weighted by molar-refractivity contribution is 8.02. The normalized spacial score (nSPS) is 14.1. The van der Waals surface area contributed by atoms with Gasteiger partial charge in [0.15, 0.2) is 15.8 Å². The number of nitrogens with zero attached hydrogens (tertiary/aromatic N) is 1. The summed E-state index contributed by atoms with van der Waals surface area (Å²) in [7, 11) is 0. The molecule has 0 saturated heterocycles. The molecule has 3 rings (SSSR count). The number of anilines is 1. The number of aromatic nitrogens is 1. The number of benzene rings is 1. The first-order valence-electron chi connectivity index (χ1n) is 5.99. The van der Waals surface area contributed by atoms with E-state index in [1.807, 2.05) is 12.3 Å². The van der Waals surface area contributed by atoms with Crippen molar-refractivity contribution in [2.45, 2.75) is 16.5 Å². The van der Waals surface area contributed by atoms with Gasteiger partial charge >= 0.3 is 0 Å². The maximum Gasteiger partial charge on any atom is 0.237 e. The van der Waals surface area contributed by atoms with Gasteiger partial charge in [0, 0.05) is 23.3 Å². The quantitative estimate of drug-likeness (QED) is 0.880. The van der Waals surface area contributed by atoms with Crippen LogP contribution in [0.5, 0.6) is 11.5 Å². The lowest BCUT2D eigenvalue weighted by Gasteiger charge is -2.10. The Labute approximate surface area is 124 Å². The fourth-order valence-electron chi connectivity index (χ4n) is 1.69. The van der Waals surface area contributed by atoms with Crippen molar-refractivity contribution >= 4 is 34.7 Å². The first kappa shape index (κ1) is 13.3. The van der Waals surface area contributed by atoms with E-state index in [0.717, 1.165) is 4.34 Å². The summed E-state index contributed by atoms with van der Waals surface area (Å²) >= 11 is 2.97. The van der Waals surface area contributed by atoms with E-state index in [1.165, 1.54) is 23.1 Å². The first-order valence-corrected chi connectivity index (χ1v) is 7.75. The molecule has 20 heavy (non-hydrogen) atoms. The van der Waals surface area contributed by atoms with Crippen LogP contribution in [0.25, 0.3) is 0 Å². The maximum atomic E-state index is 12.1. The molecule has 0 radical (unpaired) electrons. The van der Waals surface area contributed by atoms with E-state index in [4.69, 9.17) is 9.47 Å². The van der Waals surface area contributed by atoms with Crippen LogP contribution in [-0.2, 0) is 4.79 Å². The van der Waals surface area contributed by atoms with E-state index in [0.29, 0.717) is 17.2 Å². The molecule has 1 aromatic carbocycles. The molecule has 5 nitrogen and oxygen atoms in total. The average Bonchev–Trinajstić information content (AvgIpc) is 3.08. The maximum absolute atomic E-state index is 12.1. The Kier molecular flexibility index (Phi) is 3.79. The number of amides is 1. The fourth-order valence-corrected chi connectivity index (χ4v) is 3.46. The molecule has 0 aliphatic carbocycles. The molecule has 2 heterocycles. The summed E-state index contributed by atoms with van der Waals surface area (Å²) < 4.78 is 11.4. The molecule has 0 saturated carbocycles. The van der Waals surface area contributed by atoms with Crippen LogP contribution < -0.4 is 14.8 Å². The standard InChI is InChI=1S/C13H12N2O3S2/c1-8(20-13-14-4-5-19-13)12(16)15-9-2-3-10-11(6-9)18-7-17-10/h2-6,8H,7H2,1H3,(H,15,16). The first-order chi connectivity index (χ1) is 9.72. The van der Waals surface area contributed by atoms with Crippen molar-refractivity contribution in [2.24, 2.45) is 0 Å². The van der Waals surface area contributed by atoms with Gasteiger partial charge in [0.05, 0.1) is 5.25 Å². The molecule has 2 aromatic rings. The molecule has 0 spiro atoms. The van der Waals surface area contributed by atoms with E-state index >= 15 is 0 Å². The van der Waals surface area contributed by atoms with Crippen LogP contribution in [-0.4, -0.2) is 22.9 Å². The van der Waals surface area contributed by atoms with E-state index < -0.39 is 0 Å². The van der Waals surface area contributed by atoms with Crippen molar-refractivity contribution in [2.75, 3.05) is 12.1 Å². The van der Waals surface area contributed by atoms with Crippen molar-refractivity contribution < 1.29 is 14.3 Å². The third-order valence-corrected chi connectivity index (χ3v) is 4.71. The molecule has 1 aliphatic rings. The molecule has 0 fully saturated rings. The van der Waals surface area contributed by atoms with Crippen LogP contribution in [0, 0.1) is 0 Å². The number of hydrogen-bond acceptors (Lipinski definition) is 6. The Morgan fingerprint density at radius 3 is 3.10 bits per heavy atom. The van der Waals surface area contributed by atoms with E-state index in [9.17, 15) is 4.79 Å². The van der Waals surface area contributed by atoms with E-state index in [1.54, 1.807) is 24.4 Å². The molecular weight excluding hydrogens is 296 g/mol. The molecule has 1 aromatic heterocycles. The van der Waals surface area contributed by atoms with Gasteiger partial charge in [-0.1, -0.05) is 11.8 Å². The lowest BCUT2D eigenvalue weighted by Crippen LogP contribution is -2.22. The second-order valence-electron chi connectivity index (χ2n) is 4.12.